The van der Waals surface area contributed by atoms with Crippen LogP contribution in [0, 0.1) is 13.8 Å². The summed E-state index contributed by atoms with van der Waals surface area (Å²) in [6, 6.07) is 15.8. The summed E-state index contributed by atoms with van der Waals surface area (Å²) in [6.07, 6.45) is 0.907. The third-order valence-electron chi connectivity index (χ3n) is 4.93. The van der Waals surface area contributed by atoms with Crippen molar-refractivity contribution in [2.24, 2.45) is 0 Å². The summed E-state index contributed by atoms with van der Waals surface area (Å²) in [6.45, 7) is 6.19. The molecule has 0 saturated heterocycles. The Bertz CT molecular complexity index is 1230. The van der Waals surface area contributed by atoms with Crippen LogP contribution in [0.2, 0.25) is 5.02 Å². The Kier molecular flexibility index (Phi) is 5.81. The van der Waals surface area contributed by atoms with Crippen molar-refractivity contribution in [1.29, 1.82) is 0 Å². The van der Waals surface area contributed by atoms with E-state index in [1.54, 1.807) is 27.7 Å². The number of nitrogens with zero attached hydrogens (tertiary/aromatic N) is 2. The Morgan fingerprint density at radius 1 is 1.07 bits per heavy atom. The number of hydrogen-bond donors (Lipinski definition) is 0. The first-order chi connectivity index (χ1) is 14.0. The van der Waals surface area contributed by atoms with E-state index in [9.17, 15) is 4.79 Å². The average Bonchev–Trinajstić information content (AvgIpc) is 3.04. The van der Waals surface area contributed by atoms with Crippen LogP contribution in [-0.2, 0) is 12.2 Å². The van der Waals surface area contributed by atoms with Gasteiger partial charge in [-0.05, 0) is 55.7 Å². The number of thiophene rings is 1. The maximum atomic E-state index is 13.5. The predicted octanol–water partition coefficient (Wildman–Crippen LogP) is 6.57. The first-order valence-corrected chi connectivity index (χ1v) is 11.6. The van der Waals surface area contributed by atoms with Crippen molar-refractivity contribution in [2.45, 2.75) is 38.1 Å². The SMILES string of the molecule is CCc1sc2nc(SCc3ccc(Cl)cc3)n(-c3ccc(C)cc3)c(=O)c2c1C. The summed E-state index contributed by atoms with van der Waals surface area (Å²) in [5.41, 5.74) is 4.20. The third-order valence-corrected chi connectivity index (χ3v) is 7.52. The lowest BCUT2D eigenvalue weighted by Crippen LogP contribution is -2.21. The largest absolute Gasteiger partial charge is 0.268 e. The highest BCUT2D eigenvalue weighted by atomic mass is 35.5. The molecule has 0 radical (unpaired) electrons. The van der Waals surface area contributed by atoms with Crippen molar-refractivity contribution in [2.75, 3.05) is 0 Å². The molecule has 4 rings (SSSR count). The van der Waals surface area contributed by atoms with Crippen LogP contribution in [0.15, 0.2) is 58.5 Å². The van der Waals surface area contributed by atoms with Crippen LogP contribution in [0.4, 0.5) is 0 Å². The minimum Gasteiger partial charge on any atom is -0.268 e. The van der Waals surface area contributed by atoms with E-state index >= 15 is 0 Å². The molecule has 0 spiro atoms. The maximum Gasteiger partial charge on any atom is 0.267 e. The number of aryl methyl sites for hydroxylation is 3. The molecule has 0 fully saturated rings. The lowest BCUT2D eigenvalue weighted by molar-refractivity contribution is 0.821. The number of aromatic nitrogens is 2. The topological polar surface area (TPSA) is 34.9 Å². The zero-order valence-electron chi connectivity index (χ0n) is 16.5. The lowest BCUT2D eigenvalue weighted by Gasteiger charge is -2.13. The molecule has 2 heterocycles. The highest BCUT2D eigenvalue weighted by Gasteiger charge is 2.18. The summed E-state index contributed by atoms with van der Waals surface area (Å²) in [5, 5.41) is 2.17. The van der Waals surface area contributed by atoms with Gasteiger partial charge in [0.1, 0.15) is 4.83 Å². The normalized spacial score (nSPS) is 11.3. The summed E-state index contributed by atoms with van der Waals surface area (Å²) in [7, 11) is 0. The van der Waals surface area contributed by atoms with Crippen molar-refractivity contribution < 1.29 is 0 Å². The van der Waals surface area contributed by atoms with Gasteiger partial charge in [0.05, 0.1) is 11.1 Å². The fourth-order valence-corrected chi connectivity index (χ4v) is 5.55. The van der Waals surface area contributed by atoms with Crippen molar-refractivity contribution in [3.63, 3.8) is 0 Å². The minimum atomic E-state index is 0.00547. The number of hydrogen-bond acceptors (Lipinski definition) is 4. The Balaban J connectivity index is 1.86. The van der Waals surface area contributed by atoms with Gasteiger partial charge in [0.2, 0.25) is 0 Å². The van der Waals surface area contributed by atoms with E-state index in [-0.39, 0.29) is 5.56 Å². The summed E-state index contributed by atoms with van der Waals surface area (Å²) < 4.78 is 1.75. The molecular formula is C23H21ClN2OS2. The molecule has 148 valence electrons. The second-order valence-corrected chi connectivity index (χ2v) is 9.43. The molecule has 29 heavy (non-hydrogen) atoms. The van der Waals surface area contributed by atoms with Gasteiger partial charge in [0.15, 0.2) is 5.16 Å². The van der Waals surface area contributed by atoms with E-state index in [2.05, 4.69) is 6.92 Å². The van der Waals surface area contributed by atoms with Gasteiger partial charge in [-0.2, -0.15) is 0 Å². The Morgan fingerprint density at radius 3 is 2.41 bits per heavy atom. The first kappa shape index (κ1) is 20.2. The van der Waals surface area contributed by atoms with E-state index in [1.165, 1.54) is 4.88 Å². The Hall–Kier alpha value is -2.08. The summed E-state index contributed by atoms with van der Waals surface area (Å²) in [5.74, 6) is 0.714. The summed E-state index contributed by atoms with van der Waals surface area (Å²) >= 11 is 9.20. The van der Waals surface area contributed by atoms with Crippen LogP contribution in [0.5, 0.6) is 0 Å². The van der Waals surface area contributed by atoms with Crippen molar-refractivity contribution in [3.05, 3.63) is 85.5 Å². The van der Waals surface area contributed by atoms with Crippen molar-refractivity contribution in [1.82, 2.24) is 9.55 Å². The van der Waals surface area contributed by atoms with Gasteiger partial charge in [-0.1, -0.05) is 60.1 Å². The molecule has 0 aliphatic heterocycles. The number of thioether (sulfide) groups is 1. The second-order valence-electron chi connectivity index (χ2n) is 6.97. The number of fused-ring (bicyclic) bond motifs is 1. The van der Waals surface area contributed by atoms with E-state index in [0.717, 1.165) is 44.0 Å². The zero-order chi connectivity index (χ0) is 20.5. The maximum absolute atomic E-state index is 13.5. The molecule has 2 aromatic carbocycles. The number of benzene rings is 2. The molecule has 0 aliphatic rings. The molecule has 0 N–H and O–H groups in total. The highest BCUT2D eigenvalue weighted by molar-refractivity contribution is 7.98. The summed E-state index contributed by atoms with van der Waals surface area (Å²) in [4.78, 5) is 20.5. The number of rotatable bonds is 5. The average molecular weight is 441 g/mol. The van der Waals surface area contributed by atoms with Crippen molar-refractivity contribution in [3.8, 4) is 5.69 Å². The molecule has 6 heteroatoms. The van der Waals surface area contributed by atoms with E-state index in [0.29, 0.717) is 10.9 Å². The minimum absolute atomic E-state index is 0.00547. The quantitative estimate of drug-likeness (QED) is 0.260. The standard InChI is InChI=1S/C23H21ClN2OS2/c1-4-19-15(3)20-21(29-19)25-23(28-13-16-7-9-17(24)10-8-16)26(22(20)27)18-11-5-14(2)6-12-18/h5-12H,4,13H2,1-3H3. The fraction of sp³-hybridized carbons (Fsp3) is 0.217. The Morgan fingerprint density at radius 2 is 1.76 bits per heavy atom. The first-order valence-electron chi connectivity index (χ1n) is 9.47. The van der Waals surface area contributed by atoms with Crippen LogP contribution >= 0.6 is 34.7 Å². The molecule has 0 atom stereocenters. The van der Waals surface area contributed by atoms with Crippen molar-refractivity contribution >= 4 is 44.9 Å². The molecule has 0 bridgehead atoms. The van der Waals surface area contributed by atoms with Crippen LogP contribution in [0.25, 0.3) is 15.9 Å². The molecule has 3 nitrogen and oxygen atoms in total. The highest BCUT2D eigenvalue weighted by Crippen LogP contribution is 2.31. The van der Waals surface area contributed by atoms with Gasteiger partial charge >= 0.3 is 0 Å². The van der Waals surface area contributed by atoms with Crippen LogP contribution in [0.3, 0.4) is 0 Å². The van der Waals surface area contributed by atoms with E-state index < -0.39 is 0 Å². The second kappa shape index (κ2) is 8.34. The van der Waals surface area contributed by atoms with Gasteiger partial charge in [-0.25, -0.2) is 4.98 Å². The van der Waals surface area contributed by atoms with Crippen LogP contribution in [0.1, 0.15) is 28.5 Å². The molecule has 2 aromatic heterocycles. The molecule has 0 amide bonds. The van der Waals surface area contributed by atoms with Gasteiger partial charge in [0.25, 0.3) is 5.56 Å². The molecule has 0 aliphatic carbocycles. The smallest absolute Gasteiger partial charge is 0.267 e. The molecule has 0 saturated carbocycles. The molecular weight excluding hydrogens is 420 g/mol. The molecule has 4 aromatic rings. The van der Waals surface area contributed by atoms with E-state index in [1.807, 2.05) is 62.4 Å². The van der Waals surface area contributed by atoms with Crippen LogP contribution in [-0.4, -0.2) is 9.55 Å². The van der Waals surface area contributed by atoms with Crippen LogP contribution < -0.4 is 5.56 Å². The van der Waals surface area contributed by atoms with Gasteiger partial charge < -0.3 is 0 Å². The lowest BCUT2D eigenvalue weighted by atomic mass is 10.2. The third kappa shape index (κ3) is 4.00. The van der Waals surface area contributed by atoms with Gasteiger partial charge in [-0.15, -0.1) is 11.3 Å². The fourth-order valence-electron chi connectivity index (χ4n) is 3.29. The number of halogens is 1. The van der Waals surface area contributed by atoms with E-state index in [4.69, 9.17) is 16.6 Å². The van der Waals surface area contributed by atoms with Gasteiger partial charge in [0, 0.05) is 15.7 Å². The monoisotopic (exact) mass is 440 g/mol. The zero-order valence-corrected chi connectivity index (χ0v) is 18.9. The Labute approximate surface area is 183 Å². The molecule has 0 unspecified atom stereocenters. The predicted molar refractivity (Wildman–Crippen MR) is 125 cm³/mol. The van der Waals surface area contributed by atoms with Gasteiger partial charge in [-0.3, -0.25) is 9.36 Å².